The van der Waals surface area contributed by atoms with Gasteiger partial charge in [0, 0.05) is 24.8 Å². The minimum atomic E-state index is -0.0554. The van der Waals surface area contributed by atoms with E-state index in [0.29, 0.717) is 13.2 Å². The highest BCUT2D eigenvalue weighted by Gasteiger charge is 2.45. The fraction of sp³-hybridized carbons (Fsp3) is 0.455. The highest BCUT2D eigenvalue weighted by molar-refractivity contribution is 5.75. The molecular formula is C22H27N3O2. The maximum atomic E-state index is 12.8. The molecule has 2 amide bonds. The molecule has 2 aromatic rings. The van der Waals surface area contributed by atoms with Gasteiger partial charge in [-0.1, -0.05) is 36.4 Å². The number of nitrogens with zero attached hydrogens (tertiary/aromatic N) is 2. The molecule has 1 aromatic carbocycles. The first kappa shape index (κ1) is 18.0. The van der Waals surface area contributed by atoms with Crippen molar-refractivity contribution >= 4 is 6.03 Å². The third-order valence-corrected chi connectivity index (χ3v) is 5.47. The minimum Gasteiger partial charge on any atom is -0.370 e. The first-order valence-electron chi connectivity index (χ1n) is 9.85. The van der Waals surface area contributed by atoms with Crippen LogP contribution >= 0.6 is 0 Å². The Labute approximate surface area is 160 Å². The molecule has 5 nitrogen and oxygen atoms in total. The van der Waals surface area contributed by atoms with Crippen molar-refractivity contribution in [3.05, 3.63) is 66.0 Å². The lowest BCUT2D eigenvalue weighted by atomic mass is 10.0. The topological polar surface area (TPSA) is 54.5 Å². The second-order valence-corrected chi connectivity index (χ2v) is 7.72. The average Bonchev–Trinajstić information content (AvgIpc) is 3.47. The summed E-state index contributed by atoms with van der Waals surface area (Å²) in [5, 5.41) is 3.30. The van der Waals surface area contributed by atoms with E-state index >= 15 is 0 Å². The monoisotopic (exact) mass is 365 g/mol. The predicted octanol–water partition coefficient (Wildman–Crippen LogP) is 3.55. The molecule has 0 spiro atoms. The largest absolute Gasteiger partial charge is 0.370 e. The lowest BCUT2D eigenvalue weighted by molar-refractivity contribution is -0.00200. The first-order valence-corrected chi connectivity index (χ1v) is 9.85. The zero-order valence-electron chi connectivity index (χ0n) is 15.6. The molecule has 0 bridgehead atoms. The van der Waals surface area contributed by atoms with E-state index in [1.807, 2.05) is 29.2 Å². The second kappa shape index (κ2) is 8.09. The Morgan fingerprint density at radius 3 is 2.74 bits per heavy atom. The summed E-state index contributed by atoms with van der Waals surface area (Å²) in [7, 11) is 0. The Morgan fingerprint density at radius 1 is 1.19 bits per heavy atom. The molecule has 1 N–H and O–H groups in total. The molecule has 1 saturated carbocycles. The summed E-state index contributed by atoms with van der Waals surface area (Å²) in [4.78, 5) is 19.0. The van der Waals surface area contributed by atoms with Crippen molar-refractivity contribution < 1.29 is 9.53 Å². The van der Waals surface area contributed by atoms with E-state index in [0.717, 1.165) is 44.3 Å². The Morgan fingerprint density at radius 2 is 2.00 bits per heavy atom. The smallest absolute Gasteiger partial charge is 0.317 e. The molecule has 2 heterocycles. The number of hydrogen-bond donors (Lipinski definition) is 1. The number of pyridine rings is 1. The number of benzene rings is 1. The van der Waals surface area contributed by atoms with Crippen LogP contribution in [0.5, 0.6) is 0 Å². The Bertz CT molecular complexity index is 747. The highest BCUT2D eigenvalue weighted by atomic mass is 16.5. The van der Waals surface area contributed by atoms with Crippen molar-refractivity contribution in [1.82, 2.24) is 15.2 Å². The van der Waals surface area contributed by atoms with Gasteiger partial charge in [-0.3, -0.25) is 4.98 Å². The van der Waals surface area contributed by atoms with Crippen molar-refractivity contribution in [2.75, 3.05) is 13.1 Å². The Kier molecular flexibility index (Phi) is 5.39. The molecule has 0 radical (unpaired) electrons. The fourth-order valence-electron chi connectivity index (χ4n) is 3.73. The van der Waals surface area contributed by atoms with E-state index < -0.39 is 0 Å². The van der Waals surface area contributed by atoms with Gasteiger partial charge in [0.1, 0.15) is 0 Å². The highest BCUT2D eigenvalue weighted by Crippen LogP contribution is 2.38. The number of carbonyl (C=O) groups excluding carboxylic acids is 1. The van der Waals surface area contributed by atoms with Gasteiger partial charge in [-0.2, -0.15) is 0 Å². The number of carbonyl (C=O) groups is 1. The average molecular weight is 365 g/mol. The van der Waals surface area contributed by atoms with Crippen molar-refractivity contribution in [3.8, 4) is 0 Å². The Hall–Kier alpha value is -2.40. The van der Waals surface area contributed by atoms with Crippen LogP contribution in [0.25, 0.3) is 0 Å². The summed E-state index contributed by atoms with van der Waals surface area (Å²) in [5.41, 5.74) is 2.16. The fourth-order valence-corrected chi connectivity index (χ4v) is 3.73. The lowest BCUT2D eigenvalue weighted by Crippen LogP contribution is -2.51. The van der Waals surface area contributed by atoms with Gasteiger partial charge >= 0.3 is 6.03 Å². The molecular weight excluding hydrogens is 338 g/mol. The summed E-state index contributed by atoms with van der Waals surface area (Å²) in [6.45, 7) is 1.95. The van der Waals surface area contributed by atoms with Gasteiger partial charge in [-0.25, -0.2) is 4.79 Å². The second-order valence-electron chi connectivity index (χ2n) is 7.72. The molecule has 1 atom stereocenters. The van der Waals surface area contributed by atoms with Crippen LogP contribution < -0.4 is 5.32 Å². The molecule has 1 aromatic heterocycles. The summed E-state index contributed by atoms with van der Waals surface area (Å²) < 4.78 is 6.01. The summed E-state index contributed by atoms with van der Waals surface area (Å²) >= 11 is 0. The minimum absolute atomic E-state index is 0.0505. The number of amides is 2. The zero-order chi connectivity index (χ0) is 18.5. The normalized spacial score (nSPS) is 20.9. The molecule has 2 fully saturated rings. The molecule has 27 heavy (non-hydrogen) atoms. The van der Waals surface area contributed by atoms with Gasteiger partial charge < -0.3 is 15.0 Å². The van der Waals surface area contributed by atoms with Crippen LogP contribution in [0.4, 0.5) is 4.79 Å². The predicted molar refractivity (Wildman–Crippen MR) is 104 cm³/mol. The van der Waals surface area contributed by atoms with Gasteiger partial charge in [0.05, 0.1) is 18.4 Å². The van der Waals surface area contributed by atoms with Crippen LogP contribution in [0.2, 0.25) is 0 Å². The number of nitrogens with one attached hydrogen (secondary N) is 1. The van der Waals surface area contributed by atoms with E-state index in [2.05, 4.69) is 34.6 Å². The number of ether oxygens (including phenoxy) is 1. The van der Waals surface area contributed by atoms with Crippen LogP contribution in [0.3, 0.4) is 0 Å². The molecule has 1 aliphatic heterocycles. The van der Waals surface area contributed by atoms with Gasteiger partial charge in [-0.05, 0) is 49.8 Å². The lowest BCUT2D eigenvalue weighted by Gasteiger charge is -2.34. The van der Waals surface area contributed by atoms with Crippen molar-refractivity contribution in [2.24, 2.45) is 0 Å². The molecule has 5 heteroatoms. The van der Waals surface area contributed by atoms with Crippen molar-refractivity contribution in [3.63, 3.8) is 0 Å². The summed E-state index contributed by atoms with van der Waals surface area (Å²) in [6.07, 6.45) is 6.85. The number of aromatic nitrogens is 1. The van der Waals surface area contributed by atoms with Crippen LogP contribution in [-0.4, -0.2) is 40.6 Å². The molecule has 0 unspecified atom stereocenters. The summed E-state index contributed by atoms with van der Waals surface area (Å²) in [5.74, 6) is 0. The van der Waals surface area contributed by atoms with Gasteiger partial charge in [0.25, 0.3) is 0 Å². The first-order chi connectivity index (χ1) is 13.2. The zero-order valence-corrected chi connectivity index (χ0v) is 15.6. The number of rotatable bonds is 6. The van der Waals surface area contributed by atoms with Gasteiger partial charge in [-0.15, -0.1) is 0 Å². The molecule has 2 aliphatic rings. The molecule has 1 saturated heterocycles. The van der Waals surface area contributed by atoms with Crippen LogP contribution in [0.1, 0.15) is 36.9 Å². The molecule has 1 aliphatic carbocycles. The van der Waals surface area contributed by atoms with Crippen LogP contribution in [-0.2, 0) is 17.8 Å². The van der Waals surface area contributed by atoms with E-state index in [-0.39, 0.29) is 17.7 Å². The van der Waals surface area contributed by atoms with E-state index in [1.54, 1.807) is 6.20 Å². The molecule has 4 rings (SSSR count). The maximum absolute atomic E-state index is 12.8. The van der Waals surface area contributed by atoms with E-state index in [9.17, 15) is 4.79 Å². The summed E-state index contributed by atoms with van der Waals surface area (Å²) in [6, 6.07) is 16.3. The van der Waals surface area contributed by atoms with E-state index in [4.69, 9.17) is 4.74 Å². The number of piperidine rings is 1. The van der Waals surface area contributed by atoms with Gasteiger partial charge in [0.15, 0.2) is 0 Å². The SMILES string of the molecule is O=C(NC1(Cc2ccccc2)CC1)N1CCC[C@H](OCc2ccccn2)C1. The maximum Gasteiger partial charge on any atom is 0.317 e. The quantitative estimate of drug-likeness (QED) is 0.852. The number of hydrogen-bond acceptors (Lipinski definition) is 3. The molecule has 142 valence electrons. The third kappa shape index (κ3) is 4.86. The van der Waals surface area contributed by atoms with Crippen LogP contribution in [0, 0.1) is 0 Å². The van der Waals surface area contributed by atoms with Crippen molar-refractivity contribution in [1.29, 1.82) is 0 Å². The number of urea groups is 1. The Balaban J connectivity index is 1.28. The van der Waals surface area contributed by atoms with E-state index in [1.165, 1.54) is 5.56 Å². The van der Waals surface area contributed by atoms with Crippen molar-refractivity contribution in [2.45, 2.75) is 50.4 Å². The van der Waals surface area contributed by atoms with Crippen LogP contribution in [0.15, 0.2) is 54.7 Å². The standard InChI is InChI=1S/C22H27N3O2/c26-21(24-22(11-12-22)15-18-7-2-1-3-8-18)25-14-6-10-20(16-25)27-17-19-9-4-5-13-23-19/h1-5,7-9,13,20H,6,10-12,14-17H2,(H,24,26)/t20-/m0/s1. The number of likely N-dealkylation sites (tertiary alicyclic amines) is 1. The van der Waals surface area contributed by atoms with Gasteiger partial charge in [0.2, 0.25) is 0 Å². The third-order valence-electron chi connectivity index (χ3n) is 5.47.